The van der Waals surface area contributed by atoms with Crippen LogP contribution in [0.5, 0.6) is 0 Å². The molecule has 0 aliphatic rings. The molecule has 0 unspecified atom stereocenters. The largest absolute Gasteiger partial charge is 0.159 e. The third kappa shape index (κ3) is 6.79. The molecule has 3 heteroatoms. The molecule has 2 aromatic rings. The highest BCUT2D eigenvalue weighted by Crippen LogP contribution is 2.19. The van der Waals surface area contributed by atoms with Gasteiger partial charge in [-0.15, -0.1) is 5.73 Å². The highest BCUT2D eigenvalue weighted by atomic mass is 28.3. The maximum absolute atomic E-state index is 3.85. The minimum Gasteiger partial charge on any atom is -0.135 e. The Balaban J connectivity index is 2.63. The van der Waals surface area contributed by atoms with E-state index in [1.807, 2.05) is 0 Å². The van der Waals surface area contributed by atoms with Gasteiger partial charge in [-0.1, -0.05) is 116 Å². The second-order valence-electron chi connectivity index (χ2n) is 8.98. The van der Waals surface area contributed by atoms with E-state index in [9.17, 15) is 0 Å². The summed E-state index contributed by atoms with van der Waals surface area (Å²) in [6.07, 6.45) is 0. The highest BCUT2D eigenvalue weighted by Gasteiger charge is 2.26. The van der Waals surface area contributed by atoms with Gasteiger partial charge in [-0.3, -0.25) is 0 Å². The van der Waals surface area contributed by atoms with Gasteiger partial charge < -0.3 is 0 Å². The molecule has 0 amide bonds. The smallest absolute Gasteiger partial charge is 0.135 e. The van der Waals surface area contributed by atoms with E-state index in [2.05, 4.69) is 111 Å². The zero-order chi connectivity index (χ0) is 18.5. The van der Waals surface area contributed by atoms with E-state index in [1.54, 1.807) is 5.20 Å². The molecular weight excluding hydrogens is 349 g/mol. The van der Waals surface area contributed by atoms with Crippen molar-refractivity contribution >= 4 is 35.3 Å². The molecule has 0 atom stereocenters. The number of hydrogen-bond acceptors (Lipinski definition) is 0. The molecule has 0 saturated heterocycles. The summed E-state index contributed by atoms with van der Waals surface area (Å²) >= 11 is 0. The van der Waals surface area contributed by atoms with Gasteiger partial charge in [0.25, 0.3) is 0 Å². The average Bonchev–Trinajstić information content (AvgIpc) is 2.53. The van der Waals surface area contributed by atoms with Gasteiger partial charge in [0, 0.05) is 8.07 Å². The Morgan fingerprint density at radius 3 is 1.60 bits per heavy atom. The number of rotatable bonds is 6. The van der Waals surface area contributed by atoms with Crippen LogP contribution in [0.3, 0.4) is 0 Å². The Hall–Kier alpha value is -1.39. The van der Waals surface area contributed by atoms with Crippen molar-refractivity contribution in [2.24, 2.45) is 0 Å². The molecule has 0 heterocycles. The van der Waals surface area contributed by atoms with Gasteiger partial charge in [-0.25, -0.2) is 0 Å². The second kappa shape index (κ2) is 8.33. The molecule has 0 saturated carbocycles. The average molecular weight is 380 g/mol. The van der Waals surface area contributed by atoms with Crippen LogP contribution in [-0.4, -0.2) is 24.9 Å². The molecule has 0 aliphatic heterocycles. The number of hydrogen-bond donors (Lipinski definition) is 0. The lowest BCUT2D eigenvalue weighted by Gasteiger charge is -2.24. The first-order chi connectivity index (χ1) is 11.7. The SMILES string of the molecule is C[Si](C)(C)C=C=C(C[Si](C)(C)C)[Si](c1ccccc1)c1ccccc1. The summed E-state index contributed by atoms with van der Waals surface area (Å²) in [7, 11) is -3.45. The van der Waals surface area contributed by atoms with Gasteiger partial charge >= 0.3 is 0 Å². The van der Waals surface area contributed by atoms with Crippen molar-refractivity contribution < 1.29 is 0 Å². The van der Waals surface area contributed by atoms with Crippen molar-refractivity contribution in [1.29, 1.82) is 0 Å². The Bertz CT molecular complexity index is 689. The van der Waals surface area contributed by atoms with E-state index in [0.717, 1.165) is 0 Å². The lowest BCUT2D eigenvalue weighted by atomic mass is 10.4. The van der Waals surface area contributed by atoms with Crippen molar-refractivity contribution in [3.63, 3.8) is 0 Å². The maximum Gasteiger partial charge on any atom is 0.159 e. The molecule has 0 aliphatic carbocycles. The van der Waals surface area contributed by atoms with Crippen LogP contribution in [0.15, 0.2) is 77.3 Å². The van der Waals surface area contributed by atoms with Crippen LogP contribution in [0.1, 0.15) is 0 Å². The van der Waals surface area contributed by atoms with Crippen molar-refractivity contribution in [2.75, 3.05) is 0 Å². The first kappa shape index (κ1) is 19.9. The van der Waals surface area contributed by atoms with Gasteiger partial charge in [0.2, 0.25) is 0 Å². The van der Waals surface area contributed by atoms with Crippen LogP contribution in [0, 0.1) is 0 Å². The van der Waals surface area contributed by atoms with E-state index in [4.69, 9.17) is 0 Å². The lowest BCUT2D eigenvalue weighted by Crippen LogP contribution is -2.45. The first-order valence-corrected chi connectivity index (χ1v) is 17.9. The lowest BCUT2D eigenvalue weighted by molar-refractivity contribution is 1.46. The van der Waals surface area contributed by atoms with Gasteiger partial charge in [0.1, 0.15) is 0 Å². The normalized spacial score (nSPS) is 12.0. The molecule has 131 valence electrons. The highest BCUT2D eigenvalue weighted by molar-refractivity contribution is 6.93. The van der Waals surface area contributed by atoms with E-state index < -0.39 is 24.9 Å². The predicted molar refractivity (Wildman–Crippen MR) is 121 cm³/mol. The molecule has 0 N–H and O–H groups in total. The van der Waals surface area contributed by atoms with E-state index in [1.165, 1.54) is 16.4 Å². The van der Waals surface area contributed by atoms with Crippen molar-refractivity contribution in [2.45, 2.75) is 45.3 Å². The molecular formula is C22H31Si3. The summed E-state index contributed by atoms with van der Waals surface area (Å²) in [6, 6.07) is 23.4. The van der Waals surface area contributed by atoms with Crippen LogP contribution in [-0.2, 0) is 0 Å². The van der Waals surface area contributed by atoms with Gasteiger partial charge in [-0.2, -0.15) is 0 Å². The zero-order valence-corrected chi connectivity index (χ0v) is 19.6. The fourth-order valence-electron chi connectivity index (χ4n) is 2.77. The minimum absolute atomic E-state index is 0.962. The van der Waals surface area contributed by atoms with Gasteiger partial charge in [-0.05, 0) is 11.2 Å². The fraction of sp³-hybridized carbons (Fsp3) is 0.318. The standard InChI is InChI=1S/C22H31Si3/c1-24(2,3)18-17-22(19-25(4,5)6)23(20-13-9-7-10-14-20)21-15-11-8-12-16-21/h7-16,18H,19H2,1-6H3. The predicted octanol–water partition coefficient (Wildman–Crippen LogP) is 5.13. The third-order valence-electron chi connectivity index (χ3n) is 3.81. The molecule has 0 nitrogen and oxygen atoms in total. The minimum atomic E-state index is -1.27. The van der Waals surface area contributed by atoms with Crippen LogP contribution in [0.4, 0.5) is 0 Å². The molecule has 2 rings (SSSR count). The third-order valence-corrected chi connectivity index (χ3v) is 9.34. The summed E-state index contributed by atoms with van der Waals surface area (Å²) in [4.78, 5) is 0. The topological polar surface area (TPSA) is 0 Å². The van der Waals surface area contributed by atoms with Gasteiger partial charge in [0.05, 0.1) is 8.07 Å². The Kier molecular flexibility index (Phi) is 6.64. The molecule has 0 bridgehead atoms. The fourth-order valence-corrected chi connectivity index (χ4v) is 9.28. The summed E-state index contributed by atoms with van der Waals surface area (Å²) in [6.45, 7) is 14.6. The van der Waals surface area contributed by atoms with E-state index in [0.29, 0.717) is 0 Å². The molecule has 1 radical (unpaired) electrons. The van der Waals surface area contributed by atoms with Crippen LogP contribution in [0.2, 0.25) is 45.3 Å². The van der Waals surface area contributed by atoms with Crippen LogP contribution in [0.25, 0.3) is 0 Å². The summed E-state index contributed by atoms with van der Waals surface area (Å²) in [5, 5.41) is 4.51. The summed E-state index contributed by atoms with van der Waals surface area (Å²) in [5.74, 6) is 0. The number of benzene rings is 2. The second-order valence-corrected chi connectivity index (χ2v) is 22.0. The Morgan fingerprint density at radius 2 is 1.24 bits per heavy atom. The molecule has 0 fully saturated rings. The van der Waals surface area contributed by atoms with Gasteiger partial charge in [0.15, 0.2) is 8.80 Å². The Labute approximate surface area is 157 Å². The number of allylic oxidation sites excluding steroid dienone is 1. The van der Waals surface area contributed by atoms with E-state index in [-0.39, 0.29) is 0 Å². The molecule has 0 aromatic heterocycles. The Morgan fingerprint density at radius 1 is 0.800 bits per heavy atom. The van der Waals surface area contributed by atoms with E-state index >= 15 is 0 Å². The summed E-state index contributed by atoms with van der Waals surface area (Å²) < 4.78 is 0. The van der Waals surface area contributed by atoms with Crippen LogP contribution < -0.4 is 10.4 Å². The first-order valence-electron chi connectivity index (χ1n) is 9.11. The maximum atomic E-state index is 3.85. The monoisotopic (exact) mass is 379 g/mol. The summed E-state index contributed by atoms with van der Waals surface area (Å²) in [5.41, 5.74) is 6.26. The quantitative estimate of drug-likeness (QED) is 0.482. The van der Waals surface area contributed by atoms with Crippen molar-refractivity contribution in [3.8, 4) is 0 Å². The molecule has 2 aromatic carbocycles. The van der Waals surface area contributed by atoms with Crippen LogP contribution >= 0.6 is 0 Å². The molecule has 25 heavy (non-hydrogen) atoms. The zero-order valence-electron chi connectivity index (χ0n) is 16.6. The molecule has 0 spiro atoms. The van der Waals surface area contributed by atoms with Crippen molar-refractivity contribution in [1.82, 2.24) is 0 Å². The van der Waals surface area contributed by atoms with Crippen molar-refractivity contribution in [3.05, 3.63) is 77.3 Å².